The molecule has 0 radical (unpaired) electrons. The van der Waals surface area contributed by atoms with Crippen molar-refractivity contribution in [3.8, 4) is 0 Å². The van der Waals surface area contributed by atoms with Crippen molar-refractivity contribution >= 4 is 5.91 Å². The minimum atomic E-state index is -0.294. The average molecular weight is 332 g/mol. The number of likely N-dealkylation sites (tertiary alicyclic amines) is 1. The number of amides is 1. The van der Waals surface area contributed by atoms with Gasteiger partial charge in [0.1, 0.15) is 5.82 Å². The molecule has 0 unspecified atom stereocenters. The zero-order chi connectivity index (χ0) is 16.9. The molecule has 1 aliphatic heterocycles. The SMILES string of the molecule is COC[C@H]1CCCCN1C(=O)c1cn(Cc2ccccc2F)nn1. The van der Waals surface area contributed by atoms with E-state index in [2.05, 4.69) is 10.3 Å². The topological polar surface area (TPSA) is 60.2 Å². The highest BCUT2D eigenvalue weighted by molar-refractivity contribution is 5.92. The third-order valence-corrected chi connectivity index (χ3v) is 4.29. The van der Waals surface area contributed by atoms with Crippen LogP contribution in [0.3, 0.4) is 0 Å². The number of aromatic nitrogens is 3. The molecule has 2 aromatic rings. The fourth-order valence-corrected chi connectivity index (χ4v) is 3.06. The van der Waals surface area contributed by atoms with Gasteiger partial charge in [-0.15, -0.1) is 5.10 Å². The van der Waals surface area contributed by atoms with E-state index in [4.69, 9.17) is 4.74 Å². The van der Waals surface area contributed by atoms with Crippen LogP contribution >= 0.6 is 0 Å². The van der Waals surface area contributed by atoms with Gasteiger partial charge in [0, 0.05) is 19.2 Å². The first kappa shape index (κ1) is 16.6. The second kappa shape index (κ2) is 7.53. The third-order valence-electron chi connectivity index (χ3n) is 4.29. The minimum absolute atomic E-state index is 0.0768. The largest absolute Gasteiger partial charge is 0.383 e. The molecular formula is C17H21FN4O2. The third kappa shape index (κ3) is 3.62. The normalized spacial score (nSPS) is 17.9. The average Bonchev–Trinajstić information content (AvgIpc) is 3.06. The summed E-state index contributed by atoms with van der Waals surface area (Å²) in [6.07, 6.45) is 4.59. The van der Waals surface area contributed by atoms with Gasteiger partial charge in [-0.2, -0.15) is 0 Å². The number of carbonyl (C=O) groups is 1. The van der Waals surface area contributed by atoms with E-state index in [0.717, 1.165) is 19.3 Å². The van der Waals surface area contributed by atoms with E-state index in [1.807, 2.05) is 4.90 Å². The van der Waals surface area contributed by atoms with Crippen molar-refractivity contribution in [2.24, 2.45) is 0 Å². The summed E-state index contributed by atoms with van der Waals surface area (Å²) < 4.78 is 20.4. The van der Waals surface area contributed by atoms with Crippen LogP contribution in [0.25, 0.3) is 0 Å². The number of hydrogen-bond acceptors (Lipinski definition) is 4. The van der Waals surface area contributed by atoms with Crippen molar-refractivity contribution in [2.75, 3.05) is 20.3 Å². The monoisotopic (exact) mass is 332 g/mol. The van der Waals surface area contributed by atoms with Crippen molar-refractivity contribution in [3.63, 3.8) is 0 Å². The molecular weight excluding hydrogens is 311 g/mol. The number of ether oxygens (including phenoxy) is 1. The molecule has 2 heterocycles. The van der Waals surface area contributed by atoms with Crippen LogP contribution in [0.15, 0.2) is 30.5 Å². The Kier molecular flexibility index (Phi) is 5.20. The Morgan fingerprint density at radius 3 is 3.00 bits per heavy atom. The van der Waals surface area contributed by atoms with Crippen molar-refractivity contribution in [1.82, 2.24) is 19.9 Å². The maximum Gasteiger partial charge on any atom is 0.276 e. The van der Waals surface area contributed by atoms with Gasteiger partial charge in [-0.3, -0.25) is 4.79 Å². The molecule has 0 saturated carbocycles. The highest BCUT2D eigenvalue weighted by atomic mass is 19.1. The molecule has 1 fully saturated rings. The summed E-state index contributed by atoms with van der Waals surface area (Å²) in [7, 11) is 1.64. The Hall–Kier alpha value is -2.28. The number of halogens is 1. The molecule has 1 saturated heterocycles. The molecule has 128 valence electrons. The van der Waals surface area contributed by atoms with Crippen LogP contribution in [0.2, 0.25) is 0 Å². The second-order valence-electron chi connectivity index (χ2n) is 6.00. The van der Waals surface area contributed by atoms with Crippen LogP contribution in [0.4, 0.5) is 4.39 Å². The summed E-state index contributed by atoms with van der Waals surface area (Å²) in [5, 5.41) is 7.93. The quantitative estimate of drug-likeness (QED) is 0.841. The molecule has 1 amide bonds. The Labute approximate surface area is 140 Å². The molecule has 0 aliphatic carbocycles. The number of hydrogen-bond donors (Lipinski definition) is 0. The number of rotatable bonds is 5. The molecule has 1 aromatic heterocycles. The summed E-state index contributed by atoms with van der Waals surface area (Å²) in [4.78, 5) is 14.5. The lowest BCUT2D eigenvalue weighted by Gasteiger charge is -2.34. The van der Waals surface area contributed by atoms with E-state index in [1.54, 1.807) is 31.5 Å². The first-order chi connectivity index (χ1) is 11.7. The molecule has 0 spiro atoms. The Bertz CT molecular complexity index is 701. The van der Waals surface area contributed by atoms with Crippen LogP contribution in [-0.4, -0.2) is 52.1 Å². The molecule has 7 heteroatoms. The molecule has 24 heavy (non-hydrogen) atoms. The Balaban J connectivity index is 1.72. The van der Waals surface area contributed by atoms with Crippen LogP contribution in [0, 0.1) is 5.82 Å². The van der Waals surface area contributed by atoms with Crippen LogP contribution in [0.1, 0.15) is 35.3 Å². The molecule has 6 nitrogen and oxygen atoms in total. The number of nitrogens with zero attached hydrogens (tertiary/aromatic N) is 4. The van der Waals surface area contributed by atoms with E-state index in [9.17, 15) is 9.18 Å². The van der Waals surface area contributed by atoms with Gasteiger partial charge >= 0.3 is 0 Å². The van der Waals surface area contributed by atoms with Gasteiger partial charge in [0.05, 0.1) is 25.4 Å². The minimum Gasteiger partial charge on any atom is -0.383 e. The lowest BCUT2D eigenvalue weighted by Crippen LogP contribution is -2.46. The number of benzene rings is 1. The maximum atomic E-state index is 13.7. The van der Waals surface area contributed by atoms with Gasteiger partial charge in [0.25, 0.3) is 5.91 Å². The van der Waals surface area contributed by atoms with Gasteiger partial charge in [0.15, 0.2) is 5.69 Å². The van der Waals surface area contributed by atoms with Gasteiger partial charge in [-0.1, -0.05) is 23.4 Å². The predicted octanol–water partition coefficient (Wildman–Crippen LogP) is 2.11. The number of piperidine rings is 1. The molecule has 1 atom stereocenters. The van der Waals surface area contributed by atoms with Gasteiger partial charge < -0.3 is 9.64 Å². The summed E-state index contributed by atoms with van der Waals surface area (Å²) >= 11 is 0. The maximum absolute atomic E-state index is 13.7. The van der Waals surface area contributed by atoms with Crippen LogP contribution in [-0.2, 0) is 11.3 Å². The fraction of sp³-hybridized carbons (Fsp3) is 0.471. The van der Waals surface area contributed by atoms with E-state index in [0.29, 0.717) is 18.7 Å². The van der Waals surface area contributed by atoms with E-state index < -0.39 is 0 Å². The summed E-state index contributed by atoms with van der Waals surface area (Å²) in [6, 6.07) is 6.58. The number of carbonyl (C=O) groups excluding carboxylic acids is 1. The van der Waals surface area contributed by atoms with E-state index in [-0.39, 0.29) is 30.0 Å². The fourth-order valence-electron chi connectivity index (χ4n) is 3.06. The Morgan fingerprint density at radius 1 is 1.38 bits per heavy atom. The summed E-state index contributed by atoms with van der Waals surface area (Å²) in [5.41, 5.74) is 0.797. The first-order valence-electron chi connectivity index (χ1n) is 8.12. The molecule has 1 aliphatic rings. The second-order valence-corrected chi connectivity index (χ2v) is 6.00. The standard InChI is InChI=1S/C17H21FN4O2/c1-24-12-14-7-4-5-9-22(14)17(23)16-11-21(20-19-16)10-13-6-2-3-8-15(13)18/h2-3,6,8,11,14H,4-5,7,9-10,12H2,1H3/t14-/m1/s1. The van der Waals surface area contributed by atoms with Crippen molar-refractivity contribution in [3.05, 3.63) is 47.5 Å². The van der Waals surface area contributed by atoms with Gasteiger partial charge in [-0.25, -0.2) is 9.07 Å². The van der Waals surface area contributed by atoms with E-state index >= 15 is 0 Å². The van der Waals surface area contributed by atoms with E-state index in [1.165, 1.54) is 10.7 Å². The molecule has 0 N–H and O–H groups in total. The van der Waals surface area contributed by atoms with Crippen molar-refractivity contribution < 1.29 is 13.9 Å². The molecule has 3 rings (SSSR count). The zero-order valence-corrected chi connectivity index (χ0v) is 13.7. The smallest absolute Gasteiger partial charge is 0.276 e. The predicted molar refractivity (Wildman–Crippen MR) is 86.1 cm³/mol. The van der Waals surface area contributed by atoms with Crippen molar-refractivity contribution in [2.45, 2.75) is 31.8 Å². The summed E-state index contributed by atoms with van der Waals surface area (Å²) in [5.74, 6) is -0.436. The number of methoxy groups -OCH3 is 1. The lowest BCUT2D eigenvalue weighted by molar-refractivity contribution is 0.0423. The van der Waals surface area contributed by atoms with Gasteiger partial charge in [0.2, 0.25) is 0 Å². The van der Waals surface area contributed by atoms with Gasteiger partial charge in [-0.05, 0) is 25.3 Å². The summed E-state index contributed by atoms with van der Waals surface area (Å²) in [6.45, 7) is 1.47. The highest BCUT2D eigenvalue weighted by Crippen LogP contribution is 2.19. The van der Waals surface area contributed by atoms with Crippen LogP contribution < -0.4 is 0 Å². The zero-order valence-electron chi connectivity index (χ0n) is 13.7. The molecule has 1 aromatic carbocycles. The molecule has 0 bridgehead atoms. The lowest BCUT2D eigenvalue weighted by atomic mass is 10.0. The first-order valence-corrected chi connectivity index (χ1v) is 8.12. The highest BCUT2D eigenvalue weighted by Gasteiger charge is 2.29. The Morgan fingerprint density at radius 2 is 2.21 bits per heavy atom. The van der Waals surface area contributed by atoms with Crippen LogP contribution in [0.5, 0.6) is 0 Å². The van der Waals surface area contributed by atoms with Crippen molar-refractivity contribution in [1.29, 1.82) is 0 Å².